The summed E-state index contributed by atoms with van der Waals surface area (Å²) in [5, 5.41) is 0. The molecule has 0 radical (unpaired) electrons. The van der Waals surface area contributed by atoms with Gasteiger partial charge < -0.3 is 0 Å². The molecule has 0 bridgehead atoms. The Balaban J connectivity index is 0.000000220. The van der Waals surface area contributed by atoms with Gasteiger partial charge in [-0.1, -0.05) is 116 Å². The summed E-state index contributed by atoms with van der Waals surface area (Å²) in [5.74, 6) is 2.88. The number of Topliss-reactive ketones (excluding diaryl/α,β-unsaturated/α-hetero) is 1. The highest BCUT2D eigenvalue weighted by Crippen LogP contribution is 2.64. The molecule has 0 heterocycles. The Bertz CT molecular complexity index is 808. The van der Waals surface area contributed by atoms with Crippen molar-refractivity contribution in [2.24, 2.45) is 28.6 Å². The molecule has 2 nitrogen and oxygen atoms in total. The summed E-state index contributed by atoms with van der Waals surface area (Å²) in [6.45, 7) is 10.7. The van der Waals surface area contributed by atoms with Crippen molar-refractivity contribution >= 4 is 11.6 Å². The second-order valence-electron chi connectivity index (χ2n) is 14.1. The maximum absolute atomic E-state index is 12.4. The molecule has 3 fully saturated rings. The number of fused-ring (bicyclic) bond motifs is 5. The zero-order valence-corrected chi connectivity index (χ0v) is 26.2. The third-order valence-electron chi connectivity index (χ3n) is 11.4. The van der Waals surface area contributed by atoms with Crippen molar-refractivity contribution in [3.05, 3.63) is 24.3 Å². The third-order valence-corrected chi connectivity index (χ3v) is 11.4. The van der Waals surface area contributed by atoms with Gasteiger partial charge in [0.25, 0.3) is 0 Å². The van der Waals surface area contributed by atoms with Gasteiger partial charge in [0, 0.05) is 18.3 Å². The molecule has 0 aliphatic heterocycles. The molecular formula is C37H62O2. The maximum atomic E-state index is 12.4. The first-order chi connectivity index (χ1) is 18.9. The number of ketones is 2. The van der Waals surface area contributed by atoms with E-state index in [4.69, 9.17) is 0 Å². The van der Waals surface area contributed by atoms with E-state index in [-0.39, 0.29) is 10.8 Å². The van der Waals surface area contributed by atoms with Gasteiger partial charge in [0.15, 0.2) is 5.78 Å². The van der Waals surface area contributed by atoms with Crippen LogP contribution in [-0.2, 0) is 9.59 Å². The van der Waals surface area contributed by atoms with Gasteiger partial charge in [-0.3, -0.25) is 9.59 Å². The topological polar surface area (TPSA) is 34.1 Å². The van der Waals surface area contributed by atoms with Gasteiger partial charge in [-0.25, -0.2) is 0 Å². The van der Waals surface area contributed by atoms with E-state index >= 15 is 0 Å². The number of carbonyl (C=O) groups excluding carboxylic acids is 2. The molecule has 222 valence electrons. The Morgan fingerprint density at radius 2 is 1.28 bits per heavy atom. The maximum Gasteiger partial charge on any atom is 0.155 e. The van der Waals surface area contributed by atoms with Crippen molar-refractivity contribution in [2.75, 3.05) is 0 Å². The first kappa shape index (κ1) is 32.3. The molecule has 3 saturated carbocycles. The summed E-state index contributed by atoms with van der Waals surface area (Å²) in [4.78, 5) is 24.1. The average Bonchev–Trinajstić information content (AvgIpc) is 3.24. The summed E-state index contributed by atoms with van der Waals surface area (Å²) >= 11 is 0. The summed E-state index contributed by atoms with van der Waals surface area (Å²) in [7, 11) is 0. The van der Waals surface area contributed by atoms with Gasteiger partial charge in [-0.05, 0) is 80.6 Å². The van der Waals surface area contributed by atoms with Crippen molar-refractivity contribution in [1.29, 1.82) is 0 Å². The van der Waals surface area contributed by atoms with Crippen LogP contribution in [0.15, 0.2) is 24.3 Å². The summed E-state index contributed by atoms with van der Waals surface area (Å²) in [6, 6.07) is 0. The quantitative estimate of drug-likeness (QED) is 0.153. The van der Waals surface area contributed by atoms with Crippen molar-refractivity contribution in [3.8, 4) is 0 Å². The largest absolute Gasteiger partial charge is 0.299 e. The minimum absolute atomic E-state index is 0.0246. The fraction of sp³-hybridized carbons (Fsp3) is 0.838. The zero-order valence-electron chi connectivity index (χ0n) is 26.2. The molecule has 0 spiro atoms. The number of hydrogen-bond donors (Lipinski definition) is 0. The first-order valence-corrected chi connectivity index (χ1v) is 17.2. The van der Waals surface area contributed by atoms with E-state index in [0.29, 0.717) is 29.3 Å². The van der Waals surface area contributed by atoms with Crippen LogP contribution in [0.2, 0.25) is 0 Å². The zero-order chi connectivity index (χ0) is 28.1. The fourth-order valence-corrected chi connectivity index (χ4v) is 8.81. The molecule has 0 aromatic carbocycles. The van der Waals surface area contributed by atoms with E-state index in [1.165, 1.54) is 115 Å². The summed E-state index contributed by atoms with van der Waals surface area (Å²) in [6.07, 6.45) is 33.7. The molecule has 4 rings (SSSR count). The predicted molar refractivity (Wildman–Crippen MR) is 167 cm³/mol. The molecule has 0 saturated heterocycles. The van der Waals surface area contributed by atoms with Crippen molar-refractivity contribution in [3.63, 3.8) is 0 Å². The lowest BCUT2D eigenvalue weighted by Crippen LogP contribution is -2.50. The molecule has 4 aliphatic carbocycles. The Morgan fingerprint density at radius 1 is 0.718 bits per heavy atom. The number of rotatable bonds is 15. The number of allylic oxidation sites excluding steroid dienone is 2. The number of hydrogen-bond acceptors (Lipinski definition) is 2. The highest BCUT2D eigenvalue weighted by atomic mass is 16.1. The van der Waals surface area contributed by atoms with Crippen LogP contribution in [-0.4, -0.2) is 11.6 Å². The van der Waals surface area contributed by atoms with Crippen molar-refractivity contribution in [2.45, 2.75) is 168 Å². The van der Waals surface area contributed by atoms with Crippen LogP contribution in [0.5, 0.6) is 0 Å². The minimum Gasteiger partial charge on any atom is -0.299 e. The van der Waals surface area contributed by atoms with Crippen LogP contribution in [0.25, 0.3) is 0 Å². The molecule has 0 aromatic heterocycles. The summed E-state index contributed by atoms with van der Waals surface area (Å²) < 4.78 is 0. The second kappa shape index (κ2) is 16.3. The van der Waals surface area contributed by atoms with E-state index < -0.39 is 0 Å². The van der Waals surface area contributed by atoms with Gasteiger partial charge in [-0.2, -0.15) is 0 Å². The van der Waals surface area contributed by atoms with Crippen LogP contribution in [0.1, 0.15) is 168 Å². The van der Waals surface area contributed by atoms with Crippen LogP contribution >= 0.6 is 0 Å². The van der Waals surface area contributed by atoms with Crippen LogP contribution < -0.4 is 0 Å². The average molecular weight is 539 g/mol. The molecule has 0 N–H and O–H groups in total. The van der Waals surface area contributed by atoms with E-state index in [2.05, 4.69) is 27.4 Å². The molecule has 0 aromatic rings. The van der Waals surface area contributed by atoms with Crippen LogP contribution in [0, 0.1) is 28.6 Å². The van der Waals surface area contributed by atoms with Gasteiger partial charge in [0.05, 0.1) is 0 Å². The third kappa shape index (κ3) is 8.65. The normalized spacial score (nSPS) is 31.5. The van der Waals surface area contributed by atoms with Gasteiger partial charge in [-0.15, -0.1) is 6.58 Å². The lowest BCUT2D eigenvalue weighted by molar-refractivity contribution is -0.132. The molecule has 39 heavy (non-hydrogen) atoms. The first-order valence-electron chi connectivity index (χ1n) is 17.2. The second-order valence-corrected chi connectivity index (χ2v) is 14.1. The van der Waals surface area contributed by atoms with E-state index in [9.17, 15) is 9.59 Å². The Labute approximate surface area is 242 Å². The molecule has 0 amide bonds. The fourth-order valence-electron chi connectivity index (χ4n) is 8.81. The molecule has 2 heteroatoms. The Kier molecular flexibility index (Phi) is 13.5. The van der Waals surface area contributed by atoms with Gasteiger partial charge >= 0.3 is 0 Å². The highest BCUT2D eigenvalue weighted by Gasteiger charge is 2.58. The summed E-state index contributed by atoms with van der Waals surface area (Å²) in [5.41, 5.74) is 1.64. The monoisotopic (exact) mass is 538 g/mol. The molecule has 5 atom stereocenters. The Hall–Kier alpha value is -1.18. The van der Waals surface area contributed by atoms with E-state index in [0.717, 1.165) is 38.5 Å². The minimum atomic E-state index is -0.0246. The standard InChI is InChI=1S/C19H26O2.C18H36/c1-18-9-7-13(20)11-12(18)3-4-14-15-5-6-17(21)19(15,2)10-8-16(14)18;1-3-5-7-9-11-13-15-17-18-16-14-12-10-8-6-4-2/h11,14-16H,3-10H2,1-2H3;3H,1,4-18H2,2H3/t14-,15-,16-,18-,19-;/m0./s1. The molecular weight excluding hydrogens is 476 g/mol. The molecule has 4 aliphatic rings. The van der Waals surface area contributed by atoms with E-state index in [1.54, 1.807) is 0 Å². The lowest BCUT2D eigenvalue weighted by atomic mass is 9.47. The lowest BCUT2D eigenvalue weighted by Gasteiger charge is -2.56. The SMILES string of the molecule is C=CCCCCCCCCCCCCCCCC.C[C@]12CCC(=O)C=C1CC[C@@H]1[C@@H]2CC[C@]2(C)C(=O)CC[C@@H]12. The smallest absolute Gasteiger partial charge is 0.155 e. The number of carbonyl (C=O) groups is 2. The van der Waals surface area contributed by atoms with Crippen molar-refractivity contribution in [1.82, 2.24) is 0 Å². The van der Waals surface area contributed by atoms with Gasteiger partial charge in [0.2, 0.25) is 0 Å². The van der Waals surface area contributed by atoms with Gasteiger partial charge in [0.1, 0.15) is 5.78 Å². The Morgan fingerprint density at radius 3 is 1.87 bits per heavy atom. The predicted octanol–water partition coefficient (Wildman–Crippen LogP) is 11.1. The van der Waals surface area contributed by atoms with Crippen LogP contribution in [0.3, 0.4) is 0 Å². The van der Waals surface area contributed by atoms with E-state index in [1.807, 2.05) is 12.2 Å². The number of unbranched alkanes of at least 4 members (excludes halogenated alkanes) is 14. The van der Waals surface area contributed by atoms with Crippen LogP contribution in [0.4, 0.5) is 0 Å². The highest BCUT2D eigenvalue weighted by molar-refractivity contribution is 5.91. The van der Waals surface area contributed by atoms with Crippen molar-refractivity contribution < 1.29 is 9.59 Å². The molecule has 0 unspecified atom stereocenters.